The molecule has 0 aliphatic rings. The van der Waals surface area contributed by atoms with Gasteiger partial charge in [0, 0.05) is 6.07 Å². The Kier molecular flexibility index (Phi) is 7.08. The Morgan fingerprint density at radius 1 is 0.735 bits per heavy atom. The van der Waals surface area contributed by atoms with E-state index < -0.39 is 34.7 Å². The molecular formula is C28H22F3O2S+. The molecule has 0 N–H and O–H groups in total. The van der Waals surface area contributed by atoms with Crippen LogP contribution in [0.3, 0.4) is 0 Å². The molecule has 0 fully saturated rings. The average molecular weight is 480 g/mol. The van der Waals surface area contributed by atoms with Gasteiger partial charge in [-0.25, -0.2) is 4.79 Å². The number of hydrogen-bond donors (Lipinski definition) is 0. The third-order valence-corrected chi connectivity index (χ3v) is 7.47. The van der Waals surface area contributed by atoms with Crippen molar-refractivity contribution < 1.29 is 22.7 Å². The predicted molar refractivity (Wildman–Crippen MR) is 127 cm³/mol. The first-order valence-corrected chi connectivity index (χ1v) is 11.9. The minimum atomic E-state index is -4.41. The maximum absolute atomic E-state index is 12.9. The number of halogens is 3. The van der Waals surface area contributed by atoms with E-state index in [0.717, 1.165) is 26.8 Å². The number of hydrogen-bond acceptors (Lipinski definition) is 2. The SMILES string of the molecule is CC(OC(=O)c1cccc([S+](c2ccccc2)c2ccccc2)c1)c1ccc(C(F)(F)F)cc1. The summed E-state index contributed by atoms with van der Waals surface area (Å²) in [6.45, 7) is 1.64. The van der Waals surface area contributed by atoms with E-state index in [1.165, 1.54) is 12.1 Å². The summed E-state index contributed by atoms with van der Waals surface area (Å²) in [5, 5.41) is 0. The molecule has 34 heavy (non-hydrogen) atoms. The fraction of sp³-hybridized carbons (Fsp3) is 0.107. The molecular weight excluding hydrogens is 457 g/mol. The Balaban J connectivity index is 1.58. The molecule has 0 amide bonds. The van der Waals surface area contributed by atoms with Crippen LogP contribution < -0.4 is 0 Å². The van der Waals surface area contributed by atoms with Gasteiger partial charge in [0.2, 0.25) is 0 Å². The minimum Gasteiger partial charge on any atom is -0.454 e. The lowest BCUT2D eigenvalue weighted by molar-refractivity contribution is -0.137. The zero-order valence-electron chi connectivity index (χ0n) is 18.3. The summed E-state index contributed by atoms with van der Waals surface area (Å²) in [6.07, 6.45) is -5.10. The maximum Gasteiger partial charge on any atom is 0.416 e. The molecule has 0 spiro atoms. The van der Waals surface area contributed by atoms with Crippen molar-refractivity contribution in [3.63, 3.8) is 0 Å². The zero-order valence-corrected chi connectivity index (χ0v) is 19.1. The second-order valence-corrected chi connectivity index (χ2v) is 9.65. The van der Waals surface area contributed by atoms with Gasteiger partial charge in [-0.1, -0.05) is 54.6 Å². The molecule has 0 heterocycles. The summed E-state index contributed by atoms with van der Waals surface area (Å²) in [6, 6.07) is 32.1. The number of ether oxygens (including phenoxy) is 1. The van der Waals surface area contributed by atoms with Crippen LogP contribution in [0, 0.1) is 0 Å². The van der Waals surface area contributed by atoms with Crippen LogP contribution in [0.1, 0.15) is 34.5 Å². The molecule has 4 aromatic rings. The van der Waals surface area contributed by atoms with Crippen molar-refractivity contribution in [3.05, 3.63) is 126 Å². The van der Waals surface area contributed by atoms with Gasteiger partial charge in [-0.2, -0.15) is 13.2 Å². The topological polar surface area (TPSA) is 26.3 Å². The zero-order chi connectivity index (χ0) is 24.1. The monoisotopic (exact) mass is 479 g/mol. The molecule has 6 heteroatoms. The quantitative estimate of drug-likeness (QED) is 0.209. The van der Waals surface area contributed by atoms with Crippen molar-refractivity contribution in [1.82, 2.24) is 0 Å². The summed E-state index contributed by atoms with van der Waals surface area (Å²) >= 11 is 0. The van der Waals surface area contributed by atoms with Crippen molar-refractivity contribution in [1.29, 1.82) is 0 Å². The van der Waals surface area contributed by atoms with Crippen molar-refractivity contribution in [3.8, 4) is 0 Å². The first kappa shape index (κ1) is 23.6. The van der Waals surface area contributed by atoms with Gasteiger partial charge in [0.25, 0.3) is 0 Å². The molecule has 1 unspecified atom stereocenters. The van der Waals surface area contributed by atoms with Crippen LogP contribution >= 0.6 is 0 Å². The fourth-order valence-corrected chi connectivity index (χ4v) is 5.65. The van der Waals surface area contributed by atoms with E-state index in [1.54, 1.807) is 13.0 Å². The number of carbonyl (C=O) groups excluding carboxylic acids is 1. The molecule has 1 atom stereocenters. The Hall–Kier alpha value is -3.51. The van der Waals surface area contributed by atoms with Crippen LogP contribution in [0.15, 0.2) is 124 Å². The van der Waals surface area contributed by atoms with Gasteiger partial charge in [-0.15, -0.1) is 0 Å². The van der Waals surface area contributed by atoms with Crippen LogP contribution in [0.5, 0.6) is 0 Å². The highest BCUT2D eigenvalue weighted by molar-refractivity contribution is 7.97. The molecule has 0 saturated heterocycles. The molecule has 4 rings (SSSR count). The standard InChI is InChI=1S/C28H22F3O2S/c1-20(21-15-17-23(18-16-21)28(29,30)31)33-27(32)22-9-8-14-26(19-22)34(24-10-4-2-5-11-24)25-12-6-3-7-13-25/h2-20H,1H3/q+1. The van der Waals surface area contributed by atoms with Gasteiger partial charge in [-0.05, 0) is 61.0 Å². The first-order chi connectivity index (χ1) is 16.3. The van der Waals surface area contributed by atoms with E-state index in [4.69, 9.17) is 4.74 Å². The normalized spacial score (nSPS) is 12.4. The summed E-state index contributed by atoms with van der Waals surface area (Å²) < 4.78 is 44.0. The van der Waals surface area contributed by atoms with Crippen molar-refractivity contribution in [2.45, 2.75) is 33.9 Å². The van der Waals surface area contributed by atoms with Crippen molar-refractivity contribution in [2.24, 2.45) is 0 Å². The lowest BCUT2D eigenvalue weighted by Crippen LogP contribution is -2.11. The van der Waals surface area contributed by atoms with Crippen LogP contribution in [-0.4, -0.2) is 5.97 Å². The highest BCUT2D eigenvalue weighted by Crippen LogP contribution is 2.33. The van der Waals surface area contributed by atoms with Gasteiger partial charge < -0.3 is 4.74 Å². The van der Waals surface area contributed by atoms with Crippen molar-refractivity contribution >= 4 is 16.9 Å². The van der Waals surface area contributed by atoms with Gasteiger partial charge in [0.15, 0.2) is 14.7 Å². The lowest BCUT2D eigenvalue weighted by Gasteiger charge is -2.15. The van der Waals surface area contributed by atoms with Crippen LogP contribution in [0.25, 0.3) is 0 Å². The second kappa shape index (κ2) is 10.2. The van der Waals surface area contributed by atoms with E-state index in [9.17, 15) is 18.0 Å². The van der Waals surface area contributed by atoms with Crippen LogP contribution in [-0.2, 0) is 21.8 Å². The molecule has 4 aromatic carbocycles. The lowest BCUT2D eigenvalue weighted by atomic mass is 10.1. The number of rotatable bonds is 6. The summed E-state index contributed by atoms with van der Waals surface area (Å²) in [5.74, 6) is -0.529. The number of benzene rings is 4. The molecule has 172 valence electrons. The Morgan fingerprint density at radius 3 is 1.79 bits per heavy atom. The van der Waals surface area contributed by atoms with E-state index in [-0.39, 0.29) is 0 Å². The molecule has 0 radical (unpaired) electrons. The van der Waals surface area contributed by atoms with Gasteiger partial charge in [-0.3, -0.25) is 0 Å². The molecule has 0 aliphatic heterocycles. The van der Waals surface area contributed by atoms with E-state index in [0.29, 0.717) is 11.1 Å². The van der Waals surface area contributed by atoms with E-state index in [2.05, 4.69) is 24.3 Å². The first-order valence-electron chi connectivity index (χ1n) is 10.7. The molecule has 0 saturated carbocycles. The third-order valence-electron chi connectivity index (χ3n) is 5.25. The molecule has 0 aliphatic carbocycles. The summed E-state index contributed by atoms with van der Waals surface area (Å²) in [5.41, 5.74) is 0.141. The average Bonchev–Trinajstić information content (AvgIpc) is 2.85. The Bertz CT molecular complexity index is 1200. The van der Waals surface area contributed by atoms with E-state index >= 15 is 0 Å². The largest absolute Gasteiger partial charge is 0.454 e. The number of esters is 1. The molecule has 0 bridgehead atoms. The van der Waals surface area contributed by atoms with Gasteiger partial charge in [0.05, 0.1) is 22.0 Å². The summed E-state index contributed by atoms with van der Waals surface area (Å²) in [4.78, 5) is 16.1. The van der Waals surface area contributed by atoms with Crippen LogP contribution in [0.4, 0.5) is 13.2 Å². The van der Waals surface area contributed by atoms with Crippen LogP contribution in [0.2, 0.25) is 0 Å². The number of carbonyl (C=O) groups is 1. The Morgan fingerprint density at radius 2 is 1.26 bits per heavy atom. The molecule has 2 nitrogen and oxygen atoms in total. The minimum absolute atomic E-state index is 0.389. The molecule has 0 aromatic heterocycles. The highest BCUT2D eigenvalue weighted by atomic mass is 32.2. The maximum atomic E-state index is 12.9. The fourth-order valence-electron chi connectivity index (χ4n) is 3.51. The smallest absolute Gasteiger partial charge is 0.416 e. The summed E-state index contributed by atoms with van der Waals surface area (Å²) in [7, 11) is -0.416. The number of alkyl halides is 3. The predicted octanol–water partition coefficient (Wildman–Crippen LogP) is 7.72. The van der Waals surface area contributed by atoms with Crippen molar-refractivity contribution in [2.75, 3.05) is 0 Å². The van der Waals surface area contributed by atoms with E-state index in [1.807, 2.05) is 54.6 Å². The third kappa shape index (κ3) is 5.51. The Labute approximate surface area is 199 Å². The highest BCUT2D eigenvalue weighted by Gasteiger charge is 2.31. The van der Waals surface area contributed by atoms with Gasteiger partial charge in [0.1, 0.15) is 6.10 Å². The van der Waals surface area contributed by atoms with Gasteiger partial charge >= 0.3 is 12.1 Å². The second-order valence-electron chi connectivity index (χ2n) is 7.63.